The molecule has 2 heterocycles. The van der Waals surface area contributed by atoms with Gasteiger partial charge in [0, 0.05) is 29.4 Å². The number of fused-ring (bicyclic) bond motifs is 1. The maximum atomic E-state index is 11.3. The minimum Gasteiger partial charge on any atom is -0.488 e. The number of ether oxygens (including phenoxy) is 2. The summed E-state index contributed by atoms with van der Waals surface area (Å²) in [5, 5.41) is 0.782. The van der Waals surface area contributed by atoms with Crippen LogP contribution in [0, 0.1) is 13.8 Å². The zero-order valence-corrected chi connectivity index (χ0v) is 15.6. The van der Waals surface area contributed by atoms with Crippen molar-refractivity contribution in [1.82, 2.24) is 4.98 Å². The number of hydrogen-bond acceptors (Lipinski definition) is 5. The average Bonchev–Trinajstić information content (AvgIpc) is 2.98. The number of hydrogen-bond donors (Lipinski definition) is 0. The molecule has 0 saturated carbocycles. The molecule has 136 valence electrons. The molecule has 26 heavy (non-hydrogen) atoms. The Morgan fingerprint density at radius 1 is 1.15 bits per heavy atom. The van der Waals surface area contributed by atoms with Crippen molar-refractivity contribution in [2.75, 3.05) is 0 Å². The van der Waals surface area contributed by atoms with Crippen molar-refractivity contribution in [2.24, 2.45) is 0 Å². The van der Waals surface area contributed by atoms with Crippen molar-refractivity contribution < 1.29 is 18.7 Å². The first kappa shape index (κ1) is 18.0. The lowest BCUT2D eigenvalue weighted by Gasteiger charge is -2.13. The fourth-order valence-corrected chi connectivity index (χ4v) is 2.99. The van der Waals surface area contributed by atoms with Gasteiger partial charge in [-0.2, -0.15) is 0 Å². The zero-order chi connectivity index (χ0) is 18.7. The molecule has 0 atom stereocenters. The molecule has 2 aromatic heterocycles. The lowest BCUT2D eigenvalue weighted by Crippen LogP contribution is -2.03. The number of carbonyl (C=O) groups is 1. The normalized spacial score (nSPS) is 10.9. The number of aryl methyl sites for hydroxylation is 3. The van der Waals surface area contributed by atoms with Crippen LogP contribution in [-0.4, -0.2) is 11.0 Å². The van der Waals surface area contributed by atoms with E-state index in [1.165, 1.54) is 13.2 Å². The van der Waals surface area contributed by atoms with Gasteiger partial charge in [0.25, 0.3) is 0 Å². The fraction of sp³-hybridized carbons (Fsp3) is 0.333. The van der Waals surface area contributed by atoms with E-state index < -0.39 is 0 Å². The Labute approximate surface area is 152 Å². The van der Waals surface area contributed by atoms with Gasteiger partial charge in [0.1, 0.15) is 24.2 Å². The minimum absolute atomic E-state index is 0.368. The van der Waals surface area contributed by atoms with Crippen LogP contribution in [0.1, 0.15) is 42.8 Å². The van der Waals surface area contributed by atoms with E-state index in [4.69, 9.17) is 13.9 Å². The molecule has 0 amide bonds. The number of rotatable bonds is 6. The molecule has 0 spiro atoms. The van der Waals surface area contributed by atoms with Gasteiger partial charge in [-0.05, 0) is 38.5 Å². The predicted octanol–water partition coefficient (Wildman–Crippen LogP) is 4.90. The lowest BCUT2D eigenvalue weighted by atomic mass is 10.1. The average molecular weight is 353 g/mol. The molecular formula is C21H23NO4. The van der Waals surface area contributed by atoms with E-state index in [1.807, 2.05) is 38.1 Å². The second kappa shape index (κ2) is 7.60. The molecule has 5 heteroatoms. The Bertz CT molecular complexity index is 943. The molecule has 0 bridgehead atoms. The summed E-state index contributed by atoms with van der Waals surface area (Å²) in [5.74, 6) is 0.852. The van der Waals surface area contributed by atoms with Crippen LogP contribution in [0.25, 0.3) is 11.0 Å². The maximum absolute atomic E-state index is 11.3. The largest absolute Gasteiger partial charge is 0.488 e. The van der Waals surface area contributed by atoms with Gasteiger partial charge in [-0.3, -0.25) is 9.78 Å². The zero-order valence-electron chi connectivity index (χ0n) is 15.6. The SMILES string of the molecule is CCCc1c(OCc2ccc(C)nc2C)ccc2c(OC(C)=O)coc12. The molecule has 0 radical (unpaired) electrons. The summed E-state index contributed by atoms with van der Waals surface area (Å²) in [6, 6.07) is 7.81. The van der Waals surface area contributed by atoms with Crippen LogP contribution in [0.15, 0.2) is 34.9 Å². The highest BCUT2D eigenvalue weighted by molar-refractivity contribution is 5.90. The first-order valence-corrected chi connectivity index (χ1v) is 8.77. The van der Waals surface area contributed by atoms with Crippen molar-refractivity contribution >= 4 is 16.9 Å². The summed E-state index contributed by atoms with van der Waals surface area (Å²) >= 11 is 0. The van der Waals surface area contributed by atoms with Crippen molar-refractivity contribution in [3.05, 3.63) is 53.0 Å². The van der Waals surface area contributed by atoms with E-state index in [-0.39, 0.29) is 5.97 Å². The molecule has 0 unspecified atom stereocenters. The molecule has 0 saturated heterocycles. The van der Waals surface area contributed by atoms with Crippen LogP contribution in [0.2, 0.25) is 0 Å². The van der Waals surface area contributed by atoms with Crippen LogP contribution in [0.5, 0.6) is 11.5 Å². The van der Waals surface area contributed by atoms with Gasteiger partial charge in [0.15, 0.2) is 5.75 Å². The first-order chi connectivity index (χ1) is 12.5. The molecule has 5 nitrogen and oxygen atoms in total. The summed E-state index contributed by atoms with van der Waals surface area (Å²) in [7, 11) is 0. The highest BCUT2D eigenvalue weighted by Gasteiger charge is 2.17. The highest BCUT2D eigenvalue weighted by Crippen LogP contribution is 2.36. The molecule has 0 aliphatic carbocycles. The van der Waals surface area contributed by atoms with Crippen molar-refractivity contribution in [3.8, 4) is 11.5 Å². The third-order valence-corrected chi connectivity index (χ3v) is 4.24. The Balaban J connectivity index is 1.92. The molecule has 3 aromatic rings. The Morgan fingerprint density at radius 2 is 1.96 bits per heavy atom. The van der Waals surface area contributed by atoms with Crippen LogP contribution in [0.3, 0.4) is 0 Å². The summed E-state index contributed by atoms with van der Waals surface area (Å²) in [6.07, 6.45) is 3.23. The Hall–Kier alpha value is -2.82. The van der Waals surface area contributed by atoms with Crippen LogP contribution >= 0.6 is 0 Å². The van der Waals surface area contributed by atoms with Gasteiger partial charge in [-0.1, -0.05) is 19.4 Å². The van der Waals surface area contributed by atoms with Crippen LogP contribution in [-0.2, 0) is 17.8 Å². The summed E-state index contributed by atoms with van der Waals surface area (Å²) in [6.45, 7) is 7.88. The minimum atomic E-state index is -0.368. The quantitative estimate of drug-likeness (QED) is 0.590. The molecule has 0 N–H and O–H groups in total. The molecule has 0 aliphatic heterocycles. The van der Waals surface area contributed by atoms with E-state index >= 15 is 0 Å². The smallest absolute Gasteiger partial charge is 0.308 e. The fourth-order valence-electron chi connectivity index (χ4n) is 2.99. The van der Waals surface area contributed by atoms with Gasteiger partial charge < -0.3 is 13.9 Å². The number of furan rings is 1. The number of benzene rings is 1. The maximum Gasteiger partial charge on any atom is 0.308 e. The van der Waals surface area contributed by atoms with Crippen molar-refractivity contribution in [1.29, 1.82) is 0 Å². The molecule has 0 aliphatic rings. The van der Waals surface area contributed by atoms with E-state index in [2.05, 4.69) is 11.9 Å². The highest BCUT2D eigenvalue weighted by atomic mass is 16.5. The lowest BCUT2D eigenvalue weighted by molar-refractivity contribution is -0.131. The number of pyridine rings is 1. The first-order valence-electron chi connectivity index (χ1n) is 8.77. The molecular weight excluding hydrogens is 330 g/mol. The second-order valence-electron chi connectivity index (χ2n) is 6.35. The van der Waals surface area contributed by atoms with Crippen molar-refractivity contribution in [3.63, 3.8) is 0 Å². The molecule has 3 rings (SSSR count). The monoisotopic (exact) mass is 353 g/mol. The third kappa shape index (κ3) is 3.72. The van der Waals surface area contributed by atoms with E-state index in [0.29, 0.717) is 17.9 Å². The summed E-state index contributed by atoms with van der Waals surface area (Å²) in [5.41, 5.74) is 4.71. The third-order valence-electron chi connectivity index (χ3n) is 4.24. The van der Waals surface area contributed by atoms with Gasteiger partial charge in [0.05, 0.1) is 5.39 Å². The standard InChI is InChI=1S/C21H23NO4/c1-5-6-17-19(24-11-16-8-7-13(2)22-14(16)3)10-9-18-20(26-15(4)23)12-25-21(17)18/h7-10,12H,5-6,11H2,1-4H3. The van der Waals surface area contributed by atoms with E-state index in [0.717, 1.165) is 46.5 Å². The van der Waals surface area contributed by atoms with E-state index in [9.17, 15) is 4.79 Å². The van der Waals surface area contributed by atoms with Gasteiger partial charge in [0.2, 0.25) is 0 Å². The van der Waals surface area contributed by atoms with Crippen molar-refractivity contribution in [2.45, 2.75) is 47.1 Å². The summed E-state index contributed by atoms with van der Waals surface area (Å²) < 4.78 is 17.0. The molecule has 1 aromatic carbocycles. The van der Waals surface area contributed by atoms with Crippen LogP contribution in [0.4, 0.5) is 0 Å². The van der Waals surface area contributed by atoms with Gasteiger partial charge >= 0.3 is 5.97 Å². The summed E-state index contributed by atoms with van der Waals surface area (Å²) in [4.78, 5) is 15.7. The predicted molar refractivity (Wildman–Crippen MR) is 99.6 cm³/mol. The van der Waals surface area contributed by atoms with Gasteiger partial charge in [-0.25, -0.2) is 0 Å². The Kier molecular flexibility index (Phi) is 5.26. The van der Waals surface area contributed by atoms with E-state index in [1.54, 1.807) is 0 Å². The topological polar surface area (TPSA) is 61.6 Å². The Morgan fingerprint density at radius 3 is 2.65 bits per heavy atom. The molecule has 0 fully saturated rings. The number of carbonyl (C=O) groups excluding carboxylic acids is 1. The van der Waals surface area contributed by atoms with Crippen LogP contribution < -0.4 is 9.47 Å². The van der Waals surface area contributed by atoms with Gasteiger partial charge in [-0.15, -0.1) is 0 Å². The number of esters is 1. The number of aromatic nitrogens is 1. The number of nitrogens with zero attached hydrogens (tertiary/aromatic N) is 1. The second-order valence-corrected chi connectivity index (χ2v) is 6.35.